The molecule has 0 radical (unpaired) electrons. The van der Waals surface area contributed by atoms with Gasteiger partial charge < -0.3 is 0 Å². The van der Waals surface area contributed by atoms with Crippen LogP contribution in [-0.2, 0) is 14.3 Å². The largest absolute Gasteiger partial charge is 0.282 e. The number of halogens is 6. The molecule has 3 nitrogen and oxygen atoms in total. The zero-order chi connectivity index (χ0) is 23.4. The quantitative estimate of drug-likeness (QED) is 0.157. The molecule has 0 saturated heterocycles. The molecule has 0 aromatic rings. The normalized spacial score (nSPS) is 17.2. The van der Waals surface area contributed by atoms with Crippen LogP contribution in [-0.4, -0.2) is 44.0 Å². The van der Waals surface area contributed by atoms with Crippen molar-refractivity contribution in [1.82, 2.24) is 0 Å². The first-order chi connectivity index (χ1) is 12.6. The monoisotopic (exact) mass is 452 g/mol. The number of rotatable bonds is 12. The Kier molecular flexibility index (Phi) is 9.07. The minimum absolute atomic E-state index is 0.315. The van der Waals surface area contributed by atoms with Gasteiger partial charge in [0.2, 0.25) is 0 Å². The highest BCUT2D eigenvalue weighted by atomic mass is 32.2. The summed E-state index contributed by atoms with van der Waals surface area (Å²) >= 11 is 0. The van der Waals surface area contributed by atoms with E-state index in [4.69, 9.17) is 0 Å². The highest BCUT2D eigenvalue weighted by Gasteiger charge is 2.45. The molecule has 0 rings (SSSR count). The molecule has 0 aromatic carbocycles. The van der Waals surface area contributed by atoms with Crippen molar-refractivity contribution in [2.75, 3.05) is 12.4 Å². The van der Waals surface area contributed by atoms with Crippen LogP contribution >= 0.6 is 0 Å². The Morgan fingerprint density at radius 2 is 1.31 bits per heavy atom. The van der Waals surface area contributed by atoms with Crippen molar-refractivity contribution in [3.05, 3.63) is 24.3 Å². The number of hydrogen-bond donors (Lipinski definition) is 0. The Hall–Kier alpha value is -1.03. The Morgan fingerprint density at radius 1 is 0.793 bits per heavy atom. The Labute approximate surface area is 169 Å². The number of allylic oxidation sites excluding steroid dienone is 4. The SMILES string of the molecule is CC(C)(F)/C=C\C(F)(F)CCCOS(=O)(=O)CC(C)(C)/C=C/C(C)(F)C(C)(F)F. The average molecular weight is 453 g/mol. The van der Waals surface area contributed by atoms with Gasteiger partial charge in [0.1, 0.15) is 5.67 Å². The third-order valence-electron chi connectivity index (χ3n) is 3.90. The van der Waals surface area contributed by atoms with Crippen LogP contribution in [0.3, 0.4) is 0 Å². The Morgan fingerprint density at radius 3 is 1.76 bits per heavy atom. The maximum absolute atomic E-state index is 13.9. The van der Waals surface area contributed by atoms with Crippen molar-refractivity contribution < 1.29 is 38.9 Å². The number of alkyl halides is 6. The lowest BCUT2D eigenvalue weighted by atomic mass is 9.91. The topological polar surface area (TPSA) is 43.4 Å². The molecule has 172 valence electrons. The van der Waals surface area contributed by atoms with Crippen molar-refractivity contribution in [3.63, 3.8) is 0 Å². The molecule has 10 heteroatoms. The molecule has 0 aliphatic carbocycles. The Balaban J connectivity index is 4.76. The molecule has 0 aromatic heterocycles. The van der Waals surface area contributed by atoms with Crippen molar-refractivity contribution in [1.29, 1.82) is 0 Å². The van der Waals surface area contributed by atoms with Crippen LogP contribution in [0.4, 0.5) is 26.3 Å². The standard InChI is InChI=1S/C19H30F6O3S/c1-15(2,9-11-17(5,21)18(6,22)23)14-29(26,27)28-13-7-8-19(24,25)12-10-16(3,4)20/h9-12H,7-8,13-14H2,1-6H3/b11-9+,12-10-. The van der Waals surface area contributed by atoms with Gasteiger partial charge in [0.25, 0.3) is 22.0 Å². The van der Waals surface area contributed by atoms with E-state index in [1.165, 1.54) is 13.8 Å². The summed E-state index contributed by atoms with van der Waals surface area (Å²) in [6.07, 6.45) is 1.70. The van der Waals surface area contributed by atoms with Crippen molar-refractivity contribution in [2.45, 2.75) is 77.6 Å². The summed E-state index contributed by atoms with van der Waals surface area (Å²) in [4.78, 5) is 0. The molecule has 0 amide bonds. The lowest BCUT2D eigenvalue weighted by Crippen LogP contribution is -2.37. The van der Waals surface area contributed by atoms with Gasteiger partial charge in [0, 0.05) is 13.3 Å². The fourth-order valence-corrected chi connectivity index (χ4v) is 3.43. The van der Waals surface area contributed by atoms with Gasteiger partial charge in [-0.2, -0.15) is 8.42 Å². The van der Waals surface area contributed by atoms with Gasteiger partial charge in [-0.15, -0.1) is 0 Å². The lowest BCUT2D eigenvalue weighted by molar-refractivity contribution is -0.0883. The van der Waals surface area contributed by atoms with E-state index in [0.717, 1.165) is 26.0 Å². The molecule has 0 heterocycles. The molecule has 0 spiro atoms. The lowest BCUT2D eigenvalue weighted by Gasteiger charge is -2.26. The fraction of sp³-hybridized carbons (Fsp3) is 0.789. The minimum Gasteiger partial charge on any atom is -0.270 e. The minimum atomic E-state index is -4.18. The number of hydrogen-bond acceptors (Lipinski definition) is 3. The summed E-state index contributed by atoms with van der Waals surface area (Å²) in [5.74, 6) is -7.64. The van der Waals surface area contributed by atoms with E-state index in [1.54, 1.807) is 0 Å². The summed E-state index contributed by atoms with van der Waals surface area (Å²) < 4.78 is 109. The first-order valence-corrected chi connectivity index (χ1v) is 10.6. The summed E-state index contributed by atoms with van der Waals surface area (Å²) in [6.45, 7) is 5.53. The van der Waals surface area contributed by atoms with Gasteiger partial charge in [-0.1, -0.05) is 19.9 Å². The summed E-state index contributed by atoms with van der Waals surface area (Å²) in [5.41, 5.74) is -6.11. The second-order valence-corrected chi connectivity index (χ2v) is 10.2. The van der Waals surface area contributed by atoms with Crippen LogP contribution in [0, 0.1) is 5.41 Å². The third kappa shape index (κ3) is 12.3. The molecule has 1 unspecified atom stereocenters. The molecule has 0 aliphatic heterocycles. The highest BCUT2D eigenvalue weighted by Crippen LogP contribution is 2.34. The highest BCUT2D eigenvalue weighted by molar-refractivity contribution is 7.86. The van der Waals surface area contributed by atoms with Crippen molar-refractivity contribution in [3.8, 4) is 0 Å². The molecule has 1 atom stereocenters. The fourth-order valence-electron chi connectivity index (χ4n) is 1.97. The van der Waals surface area contributed by atoms with Gasteiger partial charge in [-0.25, -0.2) is 26.3 Å². The van der Waals surface area contributed by atoms with Gasteiger partial charge >= 0.3 is 0 Å². The molecular formula is C19H30F6O3S. The zero-order valence-electron chi connectivity index (χ0n) is 17.5. The second-order valence-electron chi connectivity index (χ2n) is 8.57. The van der Waals surface area contributed by atoms with Gasteiger partial charge in [-0.3, -0.25) is 4.18 Å². The predicted molar refractivity (Wildman–Crippen MR) is 101 cm³/mol. The first kappa shape index (κ1) is 28.0. The smallest absolute Gasteiger partial charge is 0.270 e. The van der Waals surface area contributed by atoms with E-state index in [0.29, 0.717) is 26.0 Å². The van der Waals surface area contributed by atoms with Gasteiger partial charge in [-0.05, 0) is 50.8 Å². The molecule has 0 N–H and O–H groups in total. The molecule has 0 aliphatic rings. The van der Waals surface area contributed by atoms with E-state index in [2.05, 4.69) is 4.18 Å². The van der Waals surface area contributed by atoms with Crippen LogP contribution in [0.25, 0.3) is 0 Å². The van der Waals surface area contributed by atoms with E-state index >= 15 is 0 Å². The molecule has 29 heavy (non-hydrogen) atoms. The third-order valence-corrected chi connectivity index (χ3v) is 5.52. The molecule has 0 saturated carbocycles. The summed E-state index contributed by atoms with van der Waals surface area (Å²) in [6, 6.07) is 0. The summed E-state index contributed by atoms with van der Waals surface area (Å²) in [7, 11) is -4.18. The van der Waals surface area contributed by atoms with Crippen LogP contribution in [0.5, 0.6) is 0 Å². The van der Waals surface area contributed by atoms with Crippen LogP contribution in [0.2, 0.25) is 0 Å². The van der Waals surface area contributed by atoms with E-state index in [-0.39, 0.29) is 6.42 Å². The van der Waals surface area contributed by atoms with E-state index < -0.39 is 57.5 Å². The Bertz CT molecular complexity index is 684. The zero-order valence-corrected chi connectivity index (χ0v) is 18.4. The van der Waals surface area contributed by atoms with Crippen LogP contribution in [0.1, 0.15) is 54.4 Å². The maximum Gasteiger partial charge on any atom is 0.282 e. The van der Waals surface area contributed by atoms with Crippen molar-refractivity contribution >= 4 is 10.1 Å². The second kappa shape index (κ2) is 9.41. The maximum atomic E-state index is 13.9. The van der Waals surface area contributed by atoms with Crippen molar-refractivity contribution in [2.24, 2.45) is 5.41 Å². The van der Waals surface area contributed by atoms with Crippen LogP contribution in [0.15, 0.2) is 24.3 Å². The van der Waals surface area contributed by atoms with Crippen LogP contribution < -0.4 is 0 Å². The van der Waals surface area contributed by atoms with E-state index in [1.807, 2.05) is 0 Å². The first-order valence-electron chi connectivity index (χ1n) is 8.99. The van der Waals surface area contributed by atoms with E-state index in [9.17, 15) is 34.8 Å². The molecular weight excluding hydrogens is 422 g/mol. The van der Waals surface area contributed by atoms with Gasteiger partial charge in [0.05, 0.1) is 12.4 Å². The van der Waals surface area contributed by atoms with Gasteiger partial charge in [0.15, 0.2) is 5.67 Å². The average Bonchev–Trinajstić information content (AvgIpc) is 2.45. The summed E-state index contributed by atoms with van der Waals surface area (Å²) in [5, 5.41) is 0. The molecule has 0 fully saturated rings. The predicted octanol–water partition coefficient (Wildman–Crippen LogP) is 6.02. The molecule has 0 bridgehead atoms.